The largest absolute Gasteiger partial charge is 0.394 e. The fourth-order valence-electron chi connectivity index (χ4n) is 0.493. The maximum absolute atomic E-state index is 10.3. The van der Waals surface area contributed by atoms with E-state index in [1.54, 1.807) is 0 Å². The number of carbonyl (C=O) groups is 1. The van der Waals surface area contributed by atoms with E-state index in [9.17, 15) is 4.79 Å². The molecule has 2 atom stereocenters. The zero-order valence-electron chi connectivity index (χ0n) is 5.77. The van der Waals surface area contributed by atoms with Crippen LogP contribution in [0.4, 0.5) is 0 Å². The standard InChI is InChI=1S/C6H9NO4/c7-2-4(9)1-5(10)6(11)3-8/h5-6,8,10-11H,1,3H2. The molecule has 0 radical (unpaired) electrons. The highest BCUT2D eigenvalue weighted by Gasteiger charge is 2.18. The van der Waals surface area contributed by atoms with Crippen LogP contribution < -0.4 is 0 Å². The Kier molecular flexibility index (Phi) is 4.38. The number of ketones is 1. The highest BCUT2D eigenvalue weighted by atomic mass is 16.4. The zero-order valence-corrected chi connectivity index (χ0v) is 5.77. The van der Waals surface area contributed by atoms with Gasteiger partial charge in [0.1, 0.15) is 12.2 Å². The Hall–Kier alpha value is -0.960. The zero-order chi connectivity index (χ0) is 8.85. The van der Waals surface area contributed by atoms with Gasteiger partial charge in [-0.1, -0.05) is 0 Å². The number of carbonyl (C=O) groups excluding carboxylic acids is 1. The van der Waals surface area contributed by atoms with Crippen LogP contribution in [-0.2, 0) is 4.79 Å². The van der Waals surface area contributed by atoms with Gasteiger partial charge < -0.3 is 15.3 Å². The molecule has 0 aromatic carbocycles. The lowest BCUT2D eigenvalue weighted by molar-refractivity contribution is -0.118. The van der Waals surface area contributed by atoms with E-state index >= 15 is 0 Å². The highest BCUT2D eigenvalue weighted by Crippen LogP contribution is 1.98. The average molecular weight is 159 g/mol. The number of hydrogen-bond donors (Lipinski definition) is 3. The molecule has 0 aromatic heterocycles. The SMILES string of the molecule is N#CC(=O)CC(O)C(O)CO. The van der Waals surface area contributed by atoms with Gasteiger partial charge in [0, 0.05) is 6.42 Å². The van der Waals surface area contributed by atoms with Crippen LogP contribution in [-0.4, -0.2) is 39.9 Å². The molecule has 3 N–H and O–H groups in total. The predicted octanol–water partition coefficient (Wildman–Crippen LogP) is -1.82. The van der Waals surface area contributed by atoms with Crippen LogP contribution in [0.15, 0.2) is 0 Å². The third kappa shape index (κ3) is 3.68. The average Bonchev–Trinajstić information content (AvgIpc) is 2.02. The van der Waals surface area contributed by atoms with E-state index in [-0.39, 0.29) is 0 Å². The summed E-state index contributed by atoms with van der Waals surface area (Å²) in [5, 5.41) is 33.8. The van der Waals surface area contributed by atoms with Gasteiger partial charge in [0.15, 0.2) is 0 Å². The van der Waals surface area contributed by atoms with Crippen molar-refractivity contribution in [1.29, 1.82) is 5.26 Å². The minimum absolute atomic E-state index is 0.446. The molecule has 0 aromatic rings. The predicted molar refractivity (Wildman–Crippen MR) is 34.3 cm³/mol. The Bertz CT molecular complexity index is 174. The summed E-state index contributed by atoms with van der Waals surface area (Å²) in [6.07, 6.45) is -3.16. The molecule has 0 saturated carbocycles. The van der Waals surface area contributed by atoms with Gasteiger partial charge in [0.05, 0.1) is 12.7 Å². The summed E-state index contributed by atoms with van der Waals surface area (Å²) >= 11 is 0. The van der Waals surface area contributed by atoms with Gasteiger partial charge in [-0.3, -0.25) is 4.79 Å². The van der Waals surface area contributed by atoms with Gasteiger partial charge in [0.2, 0.25) is 5.78 Å². The Morgan fingerprint density at radius 3 is 2.36 bits per heavy atom. The van der Waals surface area contributed by atoms with Crippen molar-refractivity contribution in [1.82, 2.24) is 0 Å². The summed E-state index contributed by atoms with van der Waals surface area (Å²) in [5.74, 6) is -0.815. The van der Waals surface area contributed by atoms with Gasteiger partial charge in [-0.05, 0) is 0 Å². The summed E-state index contributed by atoms with van der Waals surface area (Å²) in [7, 11) is 0. The molecule has 0 rings (SSSR count). The molecule has 0 spiro atoms. The summed E-state index contributed by atoms with van der Waals surface area (Å²) in [6, 6.07) is 1.28. The minimum atomic E-state index is -1.35. The first kappa shape index (κ1) is 10.0. The number of rotatable bonds is 4. The van der Waals surface area contributed by atoms with E-state index < -0.39 is 31.0 Å². The molecule has 0 aliphatic heterocycles. The second-order valence-corrected chi connectivity index (χ2v) is 2.06. The molecule has 2 unspecified atom stereocenters. The summed E-state index contributed by atoms with van der Waals surface area (Å²) in [5.41, 5.74) is 0. The number of hydrogen-bond acceptors (Lipinski definition) is 5. The molecule has 11 heavy (non-hydrogen) atoms. The molecule has 62 valence electrons. The van der Waals surface area contributed by atoms with Crippen LogP contribution in [0, 0.1) is 11.3 Å². The summed E-state index contributed by atoms with van der Waals surface area (Å²) in [4.78, 5) is 10.3. The lowest BCUT2D eigenvalue weighted by Gasteiger charge is -2.12. The Balaban J connectivity index is 3.79. The third-order valence-corrected chi connectivity index (χ3v) is 1.15. The van der Waals surface area contributed by atoms with Crippen LogP contribution in [0.25, 0.3) is 0 Å². The molecule has 0 aliphatic rings. The number of aliphatic hydroxyl groups is 3. The molecular formula is C6H9NO4. The normalized spacial score (nSPS) is 15.1. The van der Waals surface area contributed by atoms with Gasteiger partial charge in [0.25, 0.3) is 0 Å². The molecule has 0 fully saturated rings. The van der Waals surface area contributed by atoms with Crippen molar-refractivity contribution in [3.05, 3.63) is 0 Å². The fourth-order valence-corrected chi connectivity index (χ4v) is 0.493. The molecule has 0 saturated heterocycles. The van der Waals surface area contributed by atoms with Gasteiger partial charge >= 0.3 is 0 Å². The lowest BCUT2D eigenvalue weighted by Crippen LogP contribution is -2.31. The van der Waals surface area contributed by atoms with Crippen molar-refractivity contribution < 1.29 is 20.1 Å². The van der Waals surface area contributed by atoms with Gasteiger partial charge in [-0.15, -0.1) is 0 Å². The topological polar surface area (TPSA) is 102 Å². The van der Waals surface area contributed by atoms with Gasteiger partial charge in [-0.25, -0.2) is 0 Å². The maximum atomic E-state index is 10.3. The van der Waals surface area contributed by atoms with Crippen LogP contribution in [0.5, 0.6) is 0 Å². The second-order valence-electron chi connectivity index (χ2n) is 2.06. The third-order valence-electron chi connectivity index (χ3n) is 1.15. The number of Topliss-reactive ketones (excluding diaryl/α,β-unsaturated/α-hetero) is 1. The van der Waals surface area contributed by atoms with Gasteiger partial charge in [-0.2, -0.15) is 5.26 Å². The number of nitriles is 1. The number of nitrogens with zero attached hydrogens (tertiary/aromatic N) is 1. The molecule has 5 heteroatoms. The van der Waals surface area contributed by atoms with Crippen molar-refractivity contribution in [2.45, 2.75) is 18.6 Å². The minimum Gasteiger partial charge on any atom is -0.394 e. The molecule has 0 bridgehead atoms. The van der Waals surface area contributed by atoms with Crippen molar-refractivity contribution in [2.24, 2.45) is 0 Å². The first-order valence-electron chi connectivity index (χ1n) is 3.01. The van der Waals surface area contributed by atoms with E-state index in [2.05, 4.69) is 0 Å². The van der Waals surface area contributed by atoms with Crippen LogP contribution >= 0.6 is 0 Å². The Labute approximate surface area is 63.5 Å². The highest BCUT2D eigenvalue weighted by molar-refractivity contribution is 5.93. The molecule has 0 amide bonds. The fraction of sp³-hybridized carbons (Fsp3) is 0.667. The second kappa shape index (κ2) is 4.79. The molecule has 0 aliphatic carbocycles. The maximum Gasteiger partial charge on any atom is 0.234 e. The smallest absolute Gasteiger partial charge is 0.234 e. The van der Waals surface area contributed by atoms with Crippen molar-refractivity contribution in [3.8, 4) is 6.07 Å². The van der Waals surface area contributed by atoms with E-state index in [1.807, 2.05) is 0 Å². The Morgan fingerprint density at radius 1 is 1.45 bits per heavy atom. The quantitative estimate of drug-likeness (QED) is 0.419. The van der Waals surface area contributed by atoms with E-state index in [0.29, 0.717) is 0 Å². The first-order valence-corrected chi connectivity index (χ1v) is 3.01. The summed E-state index contributed by atoms with van der Waals surface area (Å²) < 4.78 is 0. The first-order chi connectivity index (χ1) is 5.11. The van der Waals surface area contributed by atoms with Crippen molar-refractivity contribution in [2.75, 3.05) is 6.61 Å². The van der Waals surface area contributed by atoms with E-state index in [0.717, 1.165) is 0 Å². The molecule has 5 nitrogen and oxygen atoms in total. The van der Waals surface area contributed by atoms with Crippen molar-refractivity contribution in [3.63, 3.8) is 0 Å². The molecule has 0 heterocycles. The summed E-state index contributed by atoms with van der Waals surface area (Å²) in [6.45, 7) is -0.625. The lowest BCUT2D eigenvalue weighted by atomic mass is 10.1. The monoisotopic (exact) mass is 159 g/mol. The van der Waals surface area contributed by atoms with E-state index in [4.69, 9.17) is 20.6 Å². The number of aliphatic hydroxyl groups excluding tert-OH is 3. The van der Waals surface area contributed by atoms with Crippen LogP contribution in [0.2, 0.25) is 0 Å². The van der Waals surface area contributed by atoms with E-state index in [1.165, 1.54) is 6.07 Å². The van der Waals surface area contributed by atoms with Crippen LogP contribution in [0.1, 0.15) is 6.42 Å². The molecular weight excluding hydrogens is 150 g/mol. The Morgan fingerprint density at radius 2 is 2.00 bits per heavy atom. The van der Waals surface area contributed by atoms with Crippen LogP contribution in [0.3, 0.4) is 0 Å². The van der Waals surface area contributed by atoms with Crippen molar-refractivity contribution >= 4 is 5.78 Å².